The number of amides is 2. The van der Waals surface area contributed by atoms with Crippen LogP contribution in [0.2, 0.25) is 0 Å². The number of carbonyl (C=O) groups excluding carboxylic acids is 2. The summed E-state index contributed by atoms with van der Waals surface area (Å²) < 4.78 is 5.23. The maximum atomic E-state index is 13.4. The van der Waals surface area contributed by atoms with Crippen LogP contribution in [0, 0.1) is 0 Å². The van der Waals surface area contributed by atoms with Gasteiger partial charge in [-0.25, -0.2) is 14.9 Å². The summed E-state index contributed by atoms with van der Waals surface area (Å²) >= 11 is 1.23. The molecule has 1 N–H and O–H groups in total. The van der Waals surface area contributed by atoms with Crippen LogP contribution in [0.3, 0.4) is 0 Å². The van der Waals surface area contributed by atoms with E-state index in [4.69, 9.17) is 9.73 Å². The van der Waals surface area contributed by atoms with Crippen molar-refractivity contribution in [1.82, 2.24) is 10.2 Å². The van der Waals surface area contributed by atoms with Crippen molar-refractivity contribution in [3.8, 4) is 5.75 Å². The van der Waals surface area contributed by atoms with Crippen LogP contribution in [0.4, 0.5) is 5.69 Å². The number of fused-ring (bicyclic) bond motifs is 3. The molecule has 2 amide bonds. The summed E-state index contributed by atoms with van der Waals surface area (Å²) in [6, 6.07) is 24.0. The Balaban J connectivity index is 1.33. The number of hydrogen-bond acceptors (Lipinski definition) is 6. The van der Waals surface area contributed by atoms with Crippen LogP contribution in [0.1, 0.15) is 22.7 Å². The van der Waals surface area contributed by atoms with Crippen molar-refractivity contribution in [2.24, 2.45) is 9.98 Å². The predicted octanol–water partition coefficient (Wildman–Crippen LogP) is 4.08. The van der Waals surface area contributed by atoms with Gasteiger partial charge in [-0.3, -0.25) is 9.59 Å². The Kier molecular flexibility index (Phi) is 6.14. The first-order chi connectivity index (χ1) is 16.6. The fourth-order valence-electron chi connectivity index (χ4n) is 3.86. The van der Waals surface area contributed by atoms with E-state index in [1.54, 1.807) is 12.0 Å². The molecule has 0 spiro atoms. The van der Waals surface area contributed by atoms with E-state index in [2.05, 4.69) is 10.3 Å². The van der Waals surface area contributed by atoms with Crippen LogP contribution < -0.4 is 10.1 Å². The predicted molar refractivity (Wildman–Crippen MR) is 133 cm³/mol. The normalized spacial score (nSPS) is 16.3. The molecule has 2 aliphatic heterocycles. The number of hydrogen-bond donors (Lipinski definition) is 1. The van der Waals surface area contributed by atoms with Crippen LogP contribution in [-0.2, 0) is 16.1 Å². The smallest absolute Gasteiger partial charge is 0.263 e. The Bertz CT molecular complexity index is 1310. The molecular weight excluding hydrogens is 448 g/mol. The summed E-state index contributed by atoms with van der Waals surface area (Å²) in [6.07, 6.45) is 0. The van der Waals surface area contributed by atoms with Gasteiger partial charge in [-0.2, -0.15) is 0 Å². The number of thioether (sulfide) groups is 1. The van der Waals surface area contributed by atoms with Crippen LogP contribution in [0.25, 0.3) is 0 Å². The number of rotatable bonds is 6. The first-order valence-electron chi connectivity index (χ1n) is 10.8. The summed E-state index contributed by atoms with van der Waals surface area (Å²) in [6.45, 7) is 0.386. The second-order valence-corrected chi connectivity index (χ2v) is 8.71. The van der Waals surface area contributed by atoms with Gasteiger partial charge in [-0.15, -0.1) is 0 Å². The third kappa shape index (κ3) is 4.32. The monoisotopic (exact) mass is 470 g/mol. The molecular formula is C26H22N4O3S. The van der Waals surface area contributed by atoms with Gasteiger partial charge < -0.3 is 10.1 Å². The lowest BCUT2D eigenvalue weighted by atomic mass is 10.1. The average Bonchev–Trinajstić information content (AvgIpc) is 3.24. The van der Waals surface area contributed by atoms with Gasteiger partial charge in [-0.1, -0.05) is 66.4 Å². The standard InChI is InChI=1S/C26H22N4O3S/c1-33-19-11-7-8-17(14-19)15-27-22(31)16-34-26-28-21-13-6-5-12-20(21)24-29-23(25(32)30(24)26)18-9-3-2-4-10-18/h2-14,23H,15-16H2,1H3,(H,27,31)/t23-/m0/s1. The minimum atomic E-state index is -0.630. The zero-order valence-electron chi connectivity index (χ0n) is 18.5. The third-order valence-corrected chi connectivity index (χ3v) is 6.48. The number of methoxy groups -OCH3 is 1. The second-order valence-electron chi connectivity index (χ2n) is 7.77. The Morgan fingerprint density at radius 1 is 1.06 bits per heavy atom. The van der Waals surface area contributed by atoms with Gasteiger partial charge in [0.25, 0.3) is 5.91 Å². The van der Waals surface area contributed by atoms with E-state index in [1.165, 1.54) is 11.8 Å². The van der Waals surface area contributed by atoms with Gasteiger partial charge in [0, 0.05) is 12.1 Å². The first kappa shape index (κ1) is 21.9. The number of carbonyl (C=O) groups is 2. The summed E-state index contributed by atoms with van der Waals surface area (Å²) in [5.41, 5.74) is 3.31. The molecule has 0 radical (unpaired) electrons. The van der Waals surface area contributed by atoms with Crippen LogP contribution in [0.15, 0.2) is 88.8 Å². The first-order valence-corrected chi connectivity index (χ1v) is 11.8. The van der Waals surface area contributed by atoms with Gasteiger partial charge >= 0.3 is 0 Å². The van der Waals surface area contributed by atoms with E-state index in [9.17, 15) is 9.59 Å². The van der Waals surface area contributed by atoms with Crippen molar-refractivity contribution >= 4 is 40.3 Å². The van der Waals surface area contributed by atoms with E-state index < -0.39 is 6.04 Å². The average molecular weight is 471 g/mol. The molecule has 2 aliphatic rings. The molecule has 5 rings (SSSR count). The van der Waals surface area contributed by atoms with Crippen molar-refractivity contribution in [3.63, 3.8) is 0 Å². The molecule has 0 saturated carbocycles. The van der Waals surface area contributed by atoms with E-state index in [0.29, 0.717) is 17.5 Å². The lowest BCUT2D eigenvalue weighted by Crippen LogP contribution is -2.40. The van der Waals surface area contributed by atoms with E-state index in [1.807, 2.05) is 78.9 Å². The molecule has 0 aliphatic carbocycles. The molecule has 0 aromatic heterocycles. The van der Waals surface area contributed by atoms with Crippen molar-refractivity contribution < 1.29 is 14.3 Å². The molecule has 34 heavy (non-hydrogen) atoms. The van der Waals surface area contributed by atoms with E-state index in [0.717, 1.165) is 28.1 Å². The lowest BCUT2D eigenvalue weighted by Gasteiger charge is -2.25. The Labute approximate surface area is 201 Å². The highest BCUT2D eigenvalue weighted by Crippen LogP contribution is 2.37. The third-order valence-electron chi connectivity index (χ3n) is 5.54. The maximum Gasteiger partial charge on any atom is 0.263 e. The van der Waals surface area contributed by atoms with Crippen LogP contribution >= 0.6 is 11.8 Å². The van der Waals surface area contributed by atoms with Crippen molar-refractivity contribution in [1.29, 1.82) is 0 Å². The fraction of sp³-hybridized carbons (Fsp3) is 0.154. The Morgan fingerprint density at radius 3 is 2.68 bits per heavy atom. The van der Waals surface area contributed by atoms with Crippen LogP contribution in [-0.4, -0.2) is 40.6 Å². The second kappa shape index (κ2) is 9.52. The minimum Gasteiger partial charge on any atom is -0.497 e. The number of aliphatic imine (C=N–C) groups is 2. The van der Waals surface area contributed by atoms with Crippen molar-refractivity contribution in [3.05, 3.63) is 95.6 Å². The molecule has 0 bridgehead atoms. The van der Waals surface area contributed by atoms with Gasteiger partial charge in [0.2, 0.25) is 5.91 Å². The quantitative estimate of drug-likeness (QED) is 0.589. The summed E-state index contributed by atoms with van der Waals surface area (Å²) in [5.74, 6) is 1.11. The highest BCUT2D eigenvalue weighted by Gasteiger charge is 2.42. The Hall–Kier alpha value is -3.91. The van der Waals surface area contributed by atoms with Gasteiger partial charge in [0.05, 0.1) is 18.6 Å². The molecule has 3 aromatic rings. The molecule has 8 heteroatoms. The highest BCUT2D eigenvalue weighted by molar-refractivity contribution is 8.14. The summed E-state index contributed by atoms with van der Waals surface area (Å²) in [4.78, 5) is 36.9. The number of amidine groups is 2. The molecule has 0 fully saturated rings. The van der Waals surface area contributed by atoms with Gasteiger partial charge in [-0.05, 0) is 35.4 Å². The minimum absolute atomic E-state index is 0.123. The number of nitrogens with zero attached hydrogens (tertiary/aromatic N) is 3. The largest absolute Gasteiger partial charge is 0.497 e. The van der Waals surface area contributed by atoms with Crippen LogP contribution in [0.5, 0.6) is 5.75 Å². The number of para-hydroxylation sites is 1. The summed E-state index contributed by atoms with van der Waals surface area (Å²) in [7, 11) is 1.61. The topological polar surface area (TPSA) is 83.4 Å². The highest BCUT2D eigenvalue weighted by atomic mass is 32.2. The van der Waals surface area contributed by atoms with E-state index in [-0.39, 0.29) is 17.6 Å². The van der Waals surface area contributed by atoms with Gasteiger partial charge in [0.1, 0.15) is 11.6 Å². The number of ether oxygens (including phenoxy) is 1. The molecule has 2 heterocycles. The molecule has 170 valence electrons. The zero-order valence-corrected chi connectivity index (χ0v) is 19.3. The fourth-order valence-corrected chi connectivity index (χ4v) is 4.69. The van der Waals surface area contributed by atoms with Gasteiger partial charge in [0.15, 0.2) is 11.2 Å². The zero-order chi connectivity index (χ0) is 23.5. The number of benzene rings is 3. The van der Waals surface area contributed by atoms with E-state index >= 15 is 0 Å². The maximum absolute atomic E-state index is 13.4. The molecule has 1 atom stereocenters. The van der Waals surface area contributed by atoms with Crippen molar-refractivity contribution in [2.45, 2.75) is 12.6 Å². The molecule has 0 unspecified atom stereocenters. The van der Waals surface area contributed by atoms with Crippen molar-refractivity contribution in [2.75, 3.05) is 12.9 Å². The SMILES string of the molecule is COc1cccc(CNC(=O)CSC2=Nc3ccccc3C3=N[C@@H](c4ccccc4)C(=O)N23)c1. The number of nitrogens with one attached hydrogen (secondary N) is 1. The molecule has 7 nitrogen and oxygen atoms in total. The Morgan fingerprint density at radius 2 is 1.85 bits per heavy atom. The summed E-state index contributed by atoms with van der Waals surface area (Å²) in [5, 5.41) is 3.37. The lowest BCUT2D eigenvalue weighted by molar-refractivity contribution is -0.124. The molecule has 3 aromatic carbocycles. The molecule has 0 saturated heterocycles.